The summed E-state index contributed by atoms with van der Waals surface area (Å²) in [6.07, 6.45) is 8.85. The summed E-state index contributed by atoms with van der Waals surface area (Å²) in [4.78, 5) is 12.3. The van der Waals surface area contributed by atoms with Crippen molar-refractivity contribution in [1.82, 2.24) is 10.7 Å². The number of carbonyl (C=O) groups is 1. The number of urea groups is 1. The Morgan fingerprint density at radius 2 is 1.83 bits per heavy atom. The lowest BCUT2D eigenvalue weighted by molar-refractivity contribution is -0.0135. The second-order valence-electron chi connectivity index (χ2n) is 7.73. The maximum atomic E-state index is 12.3. The Kier molecular flexibility index (Phi) is 4.03. The Morgan fingerprint density at radius 1 is 1.21 bits per heavy atom. The molecule has 2 amide bonds. The molecule has 24 heavy (non-hydrogen) atoms. The molecule has 4 aliphatic rings. The van der Waals surface area contributed by atoms with Crippen LogP contribution in [-0.4, -0.2) is 22.9 Å². The molecule has 0 spiro atoms. The average molecular weight is 392 g/mol. The number of rotatable bonds is 3. The van der Waals surface area contributed by atoms with Gasteiger partial charge in [-0.1, -0.05) is 15.9 Å². The van der Waals surface area contributed by atoms with Gasteiger partial charge in [-0.25, -0.2) is 10.2 Å². The fourth-order valence-corrected chi connectivity index (χ4v) is 5.70. The number of nitrogens with one attached hydrogen (secondary N) is 2. The van der Waals surface area contributed by atoms with Crippen LogP contribution in [0.2, 0.25) is 0 Å². The van der Waals surface area contributed by atoms with Gasteiger partial charge in [0.15, 0.2) is 0 Å². The summed E-state index contributed by atoms with van der Waals surface area (Å²) in [5.41, 5.74) is 3.08. The lowest BCUT2D eigenvalue weighted by Crippen LogP contribution is -2.61. The molecule has 4 aliphatic carbocycles. The Hall–Kier alpha value is -1.56. The van der Waals surface area contributed by atoms with E-state index < -0.39 is 0 Å². The summed E-state index contributed by atoms with van der Waals surface area (Å²) < 4.78 is 0.847. The van der Waals surface area contributed by atoms with E-state index in [1.54, 1.807) is 18.2 Å². The molecule has 5 nitrogen and oxygen atoms in total. The molecule has 4 bridgehead atoms. The minimum Gasteiger partial charge on any atom is -0.507 e. The molecule has 6 heteroatoms. The van der Waals surface area contributed by atoms with Crippen molar-refractivity contribution < 1.29 is 9.90 Å². The van der Waals surface area contributed by atoms with Crippen LogP contribution in [0, 0.1) is 17.8 Å². The molecule has 0 unspecified atom stereocenters. The fourth-order valence-electron chi connectivity index (χ4n) is 5.32. The van der Waals surface area contributed by atoms with Gasteiger partial charge in [0.1, 0.15) is 5.75 Å². The second-order valence-corrected chi connectivity index (χ2v) is 8.64. The number of amides is 2. The Morgan fingerprint density at radius 3 is 2.46 bits per heavy atom. The summed E-state index contributed by atoms with van der Waals surface area (Å²) in [5, 5.41) is 16.9. The molecule has 4 fully saturated rings. The Labute approximate surface area is 150 Å². The molecule has 3 N–H and O–H groups in total. The lowest BCUT2D eigenvalue weighted by atomic mass is 9.53. The van der Waals surface area contributed by atoms with Crippen LogP contribution in [0.4, 0.5) is 4.79 Å². The first-order valence-corrected chi connectivity index (χ1v) is 9.40. The quantitative estimate of drug-likeness (QED) is 0.541. The van der Waals surface area contributed by atoms with E-state index in [0.717, 1.165) is 41.5 Å². The number of phenols is 1. The van der Waals surface area contributed by atoms with Gasteiger partial charge in [-0.3, -0.25) is 0 Å². The first-order valence-electron chi connectivity index (χ1n) is 8.61. The summed E-state index contributed by atoms with van der Waals surface area (Å²) >= 11 is 3.35. The van der Waals surface area contributed by atoms with Crippen LogP contribution in [0.5, 0.6) is 5.75 Å². The minimum absolute atomic E-state index is 0.0216. The average Bonchev–Trinajstić information content (AvgIpc) is 2.48. The number of halogens is 1. The normalized spacial score (nSPS) is 33.8. The number of aromatic hydroxyl groups is 1. The molecular formula is C18H22BrN3O2. The summed E-state index contributed by atoms with van der Waals surface area (Å²) in [6, 6.07) is 4.83. The molecule has 0 aliphatic heterocycles. The monoisotopic (exact) mass is 391 g/mol. The van der Waals surface area contributed by atoms with Gasteiger partial charge in [0.25, 0.3) is 0 Å². The van der Waals surface area contributed by atoms with E-state index in [2.05, 4.69) is 31.8 Å². The lowest BCUT2D eigenvalue weighted by Gasteiger charge is -2.56. The van der Waals surface area contributed by atoms with Crippen molar-refractivity contribution in [3.05, 3.63) is 28.2 Å². The van der Waals surface area contributed by atoms with Crippen molar-refractivity contribution in [1.29, 1.82) is 0 Å². The van der Waals surface area contributed by atoms with Gasteiger partial charge in [-0.05, 0) is 74.5 Å². The molecule has 0 radical (unpaired) electrons. The Balaban J connectivity index is 1.37. The van der Waals surface area contributed by atoms with Crippen LogP contribution < -0.4 is 10.7 Å². The second kappa shape index (κ2) is 6.06. The van der Waals surface area contributed by atoms with E-state index in [9.17, 15) is 9.90 Å². The molecule has 0 aromatic heterocycles. The topological polar surface area (TPSA) is 73.7 Å². The van der Waals surface area contributed by atoms with E-state index in [0.29, 0.717) is 5.56 Å². The maximum Gasteiger partial charge on any atom is 0.335 e. The molecule has 0 atom stereocenters. The minimum atomic E-state index is -0.248. The third-order valence-corrected chi connectivity index (χ3v) is 6.27. The van der Waals surface area contributed by atoms with Crippen LogP contribution in [0.15, 0.2) is 27.8 Å². The van der Waals surface area contributed by atoms with Crippen molar-refractivity contribution in [3.8, 4) is 5.75 Å². The third kappa shape index (κ3) is 3.16. The fraction of sp³-hybridized carbons (Fsp3) is 0.556. The zero-order valence-electron chi connectivity index (χ0n) is 13.5. The number of benzene rings is 1. The maximum absolute atomic E-state index is 12.3. The predicted octanol–water partition coefficient (Wildman–Crippen LogP) is 3.76. The largest absolute Gasteiger partial charge is 0.507 e. The molecule has 0 saturated heterocycles. The summed E-state index contributed by atoms with van der Waals surface area (Å²) in [7, 11) is 0. The number of hydrazone groups is 1. The third-order valence-electron chi connectivity index (χ3n) is 5.78. The number of hydrogen-bond acceptors (Lipinski definition) is 3. The van der Waals surface area contributed by atoms with E-state index in [-0.39, 0.29) is 17.3 Å². The molecule has 0 heterocycles. The van der Waals surface area contributed by atoms with Crippen LogP contribution in [-0.2, 0) is 0 Å². The van der Waals surface area contributed by atoms with Crippen molar-refractivity contribution in [3.63, 3.8) is 0 Å². The zero-order valence-corrected chi connectivity index (χ0v) is 15.1. The Bertz CT molecular complexity index is 654. The summed E-state index contributed by atoms with van der Waals surface area (Å²) in [6.45, 7) is 0. The highest BCUT2D eigenvalue weighted by atomic mass is 79.9. The first-order chi connectivity index (χ1) is 11.5. The van der Waals surface area contributed by atoms with Crippen molar-refractivity contribution >= 4 is 28.2 Å². The van der Waals surface area contributed by atoms with E-state index in [4.69, 9.17) is 0 Å². The molecule has 128 valence electrons. The highest BCUT2D eigenvalue weighted by Gasteiger charge is 2.51. The highest BCUT2D eigenvalue weighted by Crippen LogP contribution is 2.55. The van der Waals surface area contributed by atoms with Gasteiger partial charge in [-0.15, -0.1) is 0 Å². The van der Waals surface area contributed by atoms with Crippen molar-refractivity contribution in [2.45, 2.75) is 44.1 Å². The zero-order chi connectivity index (χ0) is 16.7. The van der Waals surface area contributed by atoms with Gasteiger partial charge in [-0.2, -0.15) is 5.10 Å². The smallest absolute Gasteiger partial charge is 0.335 e. The van der Waals surface area contributed by atoms with Gasteiger partial charge >= 0.3 is 6.03 Å². The molecule has 5 rings (SSSR count). The number of nitrogens with zero attached hydrogens (tertiary/aromatic N) is 1. The van der Waals surface area contributed by atoms with Gasteiger partial charge in [0.2, 0.25) is 0 Å². The number of carbonyl (C=O) groups excluding carboxylic acids is 1. The van der Waals surface area contributed by atoms with E-state index >= 15 is 0 Å². The SMILES string of the molecule is O=C(NN=Cc1cc(Br)ccc1O)NC12CC3CC(CC(C3)C1)C2. The number of hydrogen-bond donors (Lipinski definition) is 3. The standard InChI is InChI=1S/C18H22BrN3O2/c19-15-1-2-16(23)14(6-15)10-20-22-17(24)21-18-7-11-3-12(8-18)5-13(4-11)9-18/h1-2,6,10-13,23H,3-5,7-9H2,(H2,21,22,24). The highest BCUT2D eigenvalue weighted by molar-refractivity contribution is 9.10. The first kappa shape index (κ1) is 15.9. The molecule has 1 aromatic rings. The van der Waals surface area contributed by atoms with Gasteiger partial charge < -0.3 is 10.4 Å². The molecular weight excluding hydrogens is 370 g/mol. The van der Waals surface area contributed by atoms with Gasteiger partial charge in [0.05, 0.1) is 6.21 Å². The summed E-state index contributed by atoms with van der Waals surface area (Å²) in [5.74, 6) is 2.50. The molecule has 4 saturated carbocycles. The van der Waals surface area contributed by atoms with Crippen molar-refractivity contribution in [2.24, 2.45) is 22.9 Å². The van der Waals surface area contributed by atoms with Crippen LogP contribution >= 0.6 is 15.9 Å². The van der Waals surface area contributed by atoms with Crippen molar-refractivity contribution in [2.75, 3.05) is 0 Å². The van der Waals surface area contributed by atoms with E-state index in [1.165, 1.54) is 25.5 Å². The van der Waals surface area contributed by atoms with Crippen LogP contribution in [0.1, 0.15) is 44.1 Å². The van der Waals surface area contributed by atoms with Crippen LogP contribution in [0.25, 0.3) is 0 Å². The van der Waals surface area contributed by atoms with E-state index in [1.807, 2.05) is 0 Å². The molecule has 1 aromatic carbocycles. The predicted molar refractivity (Wildman–Crippen MR) is 96.0 cm³/mol. The van der Waals surface area contributed by atoms with Crippen LogP contribution in [0.3, 0.4) is 0 Å². The van der Waals surface area contributed by atoms with Gasteiger partial charge in [0, 0.05) is 15.6 Å². The number of phenolic OH excluding ortho intramolecular Hbond substituents is 1.